The van der Waals surface area contributed by atoms with Crippen molar-refractivity contribution >= 4 is 0 Å². The predicted molar refractivity (Wildman–Crippen MR) is 63.9 cm³/mol. The molecule has 16 heavy (non-hydrogen) atoms. The Morgan fingerprint density at radius 1 is 1.62 bits per heavy atom. The predicted octanol–water partition coefficient (Wildman–Crippen LogP) is 1.66. The van der Waals surface area contributed by atoms with Crippen LogP contribution >= 0.6 is 0 Å². The Balaban J connectivity index is 2.01. The van der Waals surface area contributed by atoms with Crippen molar-refractivity contribution in [1.82, 2.24) is 15.0 Å². The van der Waals surface area contributed by atoms with Crippen LogP contribution in [0.15, 0.2) is 6.20 Å². The first-order chi connectivity index (χ1) is 7.61. The summed E-state index contributed by atoms with van der Waals surface area (Å²) >= 11 is 0. The lowest BCUT2D eigenvalue weighted by Crippen LogP contribution is -2.46. The van der Waals surface area contributed by atoms with Gasteiger partial charge in [0.15, 0.2) is 0 Å². The van der Waals surface area contributed by atoms with Crippen LogP contribution in [-0.4, -0.2) is 20.5 Å². The molecule has 1 aliphatic rings. The van der Waals surface area contributed by atoms with E-state index in [0.717, 1.165) is 30.9 Å². The number of rotatable bonds is 3. The van der Waals surface area contributed by atoms with E-state index in [1.807, 2.05) is 13.2 Å². The molecule has 0 aliphatic heterocycles. The number of aryl methyl sites for hydroxylation is 1. The molecule has 1 heterocycles. The van der Waals surface area contributed by atoms with Crippen molar-refractivity contribution in [2.45, 2.75) is 51.0 Å². The first-order valence-electron chi connectivity index (χ1n) is 6.25. The highest BCUT2D eigenvalue weighted by Crippen LogP contribution is 2.34. The molecule has 0 amide bonds. The van der Waals surface area contributed by atoms with E-state index in [0.29, 0.717) is 0 Å². The minimum Gasteiger partial charge on any atom is -0.325 e. The van der Waals surface area contributed by atoms with Crippen molar-refractivity contribution < 1.29 is 0 Å². The van der Waals surface area contributed by atoms with E-state index in [1.54, 1.807) is 4.68 Å². The molecular formula is C12H22N4. The molecule has 1 saturated carbocycles. The summed E-state index contributed by atoms with van der Waals surface area (Å²) in [7, 11) is 1.90. The van der Waals surface area contributed by atoms with Crippen molar-refractivity contribution in [3.63, 3.8) is 0 Å². The number of hydrogen-bond donors (Lipinski definition) is 1. The van der Waals surface area contributed by atoms with Crippen molar-refractivity contribution in [3.8, 4) is 0 Å². The third kappa shape index (κ3) is 2.61. The molecule has 2 unspecified atom stereocenters. The number of nitrogens with zero attached hydrogens (tertiary/aromatic N) is 3. The maximum Gasteiger partial charge on any atom is 0.0845 e. The molecule has 4 nitrogen and oxygen atoms in total. The van der Waals surface area contributed by atoms with E-state index in [4.69, 9.17) is 5.73 Å². The van der Waals surface area contributed by atoms with Crippen LogP contribution in [0.5, 0.6) is 0 Å². The minimum atomic E-state index is -0.0467. The van der Waals surface area contributed by atoms with Gasteiger partial charge in [-0.25, -0.2) is 0 Å². The Morgan fingerprint density at radius 3 is 3.06 bits per heavy atom. The van der Waals surface area contributed by atoms with Gasteiger partial charge in [-0.3, -0.25) is 4.68 Å². The van der Waals surface area contributed by atoms with Crippen LogP contribution < -0.4 is 5.73 Å². The SMILES string of the molecule is CCC1CCCC(N)(Cc2cn(C)nn2)C1. The third-order valence-electron chi connectivity index (χ3n) is 3.74. The van der Waals surface area contributed by atoms with E-state index >= 15 is 0 Å². The summed E-state index contributed by atoms with van der Waals surface area (Å²) in [6.07, 6.45) is 8.96. The van der Waals surface area contributed by atoms with Crippen LogP contribution in [-0.2, 0) is 13.5 Å². The van der Waals surface area contributed by atoms with Crippen LogP contribution in [0.2, 0.25) is 0 Å². The van der Waals surface area contributed by atoms with Crippen molar-refractivity contribution in [3.05, 3.63) is 11.9 Å². The van der Waals surface area contributed by atoms with Gasteiger partial charge in [-0.15, -0.1) is 5.10 Å². The Morgan fingerprint density at radius 2 is 2.44 bits per heavy atom. The molecule has 0 bridgehead atoms. The van der Waals surface area contributed by atoms with Crippen molar-refractivity contribution in [2.24, 2.45) is 18.7 Å². The molecule has 0 spiro atoms. The van der Waals surface area contributed by atoms with Gasteiger partial charge in [0.25, 0.3) is 0 Å². The second kappa shape index (κ2) is 4.53. The van der Waals surface area contributed by atoms with Gasteiger partial charge in [-0.1, -0.05) is 31.4 Å². The fraction of sp³-hybridized carbons (Fsp3) is 0.833. The Kier molecular flexibility index (Phi) is 3.28. The van der Waals surface area contributed by atoms with Crippen LogP contribution in [0, 0.1) is 5.92 Å². The molecule has 2 N–H and O–H groups in total. The molecule has 1 aliphatic carbocycles. The lowest BCUT2D eigenvalue weighted by Gasteiger charge is -2.37. The molecule has 2 rings (SSSR count). The summed E-state index contributed by atoms with van der Waals surface area (Å²) in [6, 6.07) is 0. The number of nitrogens with two attached hydrogens (primary N) is 1. The normalized spacial score (nSPS) is 30.6. The monoisotopic (exact) mass is 222 g/mol. The van der Waals surface area contributed by atoms with Crippen LogP contribution in [0.3, 0.4) is 0 Å². The van der Waals surface area contributed by atoms with Gasteiger partial charge in [0.05, 0.1) is 5.69 Å². The topological polar surface area (TPSA) is 56.7 Å². The molecule has 4 heteroatoms. The molecule has 2 atom stereocenters. The zero-order chi connectivity index (χ0) is 11.6. The zero-order valence-corrected chi connectivity index (χ0v) is 10.3. The number of hydrogen-bond acceptors (Lipinski definition) is 3. The maximum absolute atomic E-state index is 6.49. The van der Waals surface area contributed by atoms with E-state index < -0.39 is 0 Å². The fourth-order valence-electron chi connectivity index (χ4n) is 2.87. The lowest BCUT2D eigenvalue weighted by molar-refractivity contribution is 0.217. The summed E-state index contributed by atoms with van der Waals surface area (Å²) in [6.45, 7) is 2.26. The largest absolute Gasteiger partial charge is 0.325 e. The molecule has 0 aromatic carbocycles. The van der Waals surface area contributed by atoms with Gasteiger partial charge in [0.2, 0.25) is 0 Å². The Bertz CT molecular complexity index is 347. The molecule has 0 radical (unpaired) electrons. The molecular weight excluding hydrogens is 200 g/mol. The standard InChI is InChI=1S/C12H22N4/c1-3-10-5-4-6-12(13,7-10)8-11-9-16(2)15-14-11/h9-10H,3-8,13H2,1-2H3. The van der Waals surface area contributed by atoms with E-state index in [2.05, 4.69) is 17.2 Å². The summed E-state index contributed by atoms with van der Waals surface area (Å²) in [5, 5.41) is 8.10. The second-order valence-corrected chi connectivity index (χ2v) is 5.29. The number of aromatic nitrogens is 3. The molecule has 1 aromatic rings. The van der Waals surface area contributed by atoms with E-state index in [-0.39, 0.29) is 5.54 Å². The van der Waals surface area contributed by atoms with Crippen molar-refractivity contribution in [1.29, 1.82) is 0 Å². The van der Waals surface area contributed by atoms with E-state index in [1.165, 1.54) is 19.3 Å². The average molecular weight is 222 g/mol. The van der Waals surface area contributed by atoms with E-state index in [9.17, 15) is 0 Å². The average Bonchev–Trinajstić information content (AvgIpc) is 2.63. The highest BCUT2D eigenvalue weighted by molar-refractivity contribution is 5.03. The second-order valence-electron chi connectivity index (χ2n) is 5.29. The van der Waals surface area contributed by atoms with Crippen LogP contribution in [0.1, 0.15) is 44.7 Å². The first-order valence-corrected chi connectivity index (χ1v) is 6.25. The fourth-order valence-corrected chi connectivity index (χ4v) is 2.87. The minimum absolute atomic E-state index is 0.0467. The van der Waals surface area contributed by atoms with Gasteiger partial charge in [-0.05, 0) is 18.8 Å². The molecule has 1 aromatic heterocycles. The first kappa shape index (κ1) is 11.6. The molecule has 90 valence electrons. The van der Waals surface area contributed by atoms with Gasteiger partial charge in [0.1, 0.15) is 0 Å². The highest BCUT2D eigenvalue weighted by Gasteiger charge is 2.32. The summed E-state index contributed by atoms with van der Waals surface area (Å²) < 4.78 is 1.75. The summed E-state index contributed by atoms with van der Waals surface area (Å²) in [5.74, 6) is 0.801. The van der Waals surface area contributed by atoms with Crippen LogP contribution in [0.25, 0.3) is 0 Å². The van der Waals surface area contributed by atoms with Gasteiger partial charge in [0, 0.05) is 25.2 Å². The highest BCUT2D eigenvalue weighted by atomic mass is 15.4. The molecule has 1 fully saturated rings. The van der Waals surface area contributed by atoms with Gasteiger partial charge < -0.3 is 5.73 Å². The van der Waals surface area contributed by atoms with Crippen LogP contribution in [0.4, 0.5) is 0 Å². The zero-order valence-electron chi connectivity index (χ0n) is 10.3. The smallest absolute Gasteiger partial charge is 0.0845 e. The quantitative estimate of drug-likeness (QED) is 0.846. The summed E-state index contributed by atoms with van der Waals surface area (Å²) in [4.78, 5) is 0. The summed E-state index contributed by atoms with van der Waals surface area (Å²) in [5.41, 5.74) is 7.47. The van der Waals surface area contributed by atoms with Gasteiger partial charge >= 0.3 is 0 Å². The third-order valence-corrected chi connectivity index (χ3v) is 3.74. The Hall–Kier alpha value is -0.900. The maximum atomic E-state index is 6.49. The van der Waals surface area contributed by atoms with Crippen molar-refractivity contribution in [2.75, 3.05) is 0 Å². The van der Waals surface area contributed by atoms with Gasteiger partial charge in [-0.2, -0.15) is 0 Å². The Labute approximate surface area is 97.2 Å². The molecule has 0 saturated heterocycles. The lowest BCUT2D eigenvalue weighted by atomic mass is 9.73.